The Morgan fingerprint density at radius 2 is 2.00 bits per heavy atom. The minimum atomic E-state index is 0.375. The van der Waals surface area contributed by atoms with E-state index in [-0.39, 0.29) is 0 Å². The average molecular weight is 281 g/mol. The van der Waals surface area contributed by atoms with E-state index >= 15 is 0 Å². The number of hydrogen-bond donors (Lipinski definition) is 1. The van der Waals surface area contributed by atoms with Crippen LogP contribution in [0, 0.1) is 5.41 Å². The van der Waals surface area contributed by atoms with Crippen LogP contribution in [0.1, 0.15) is 53.4 Å². The molecule has 1 N–H and O–H groups in total. The highest BCUT2D eigenvalue weighted by atomic mass is 15.3. The van der Waals surface area contributed by atoms with Crippen LogP contribution in [-0.4, -0.2) is 61.2 Å². The first-order valence-electron chi connectivity index (χ1n) is 8.70. The Kier molecular flexibility index (Phi) is 5.88. The number of piperazine rings is 1. The minimum absolute atomic E-state index is 0.375. The standard InChI is InChI=1S/C17H35N3/c1-5-9-18-13-17(3,4)14-20-12-16-8-6-7-10-19(16)11-15(20)2/h15-16,18H,5-14H2,1-4H3. The van der Waals surface area contributed by atoms with Crippen LogP contribution >= 0.6 is 0 Å². The third-order valence-corrected chi connectivity index (χ3v) is 4.98. The largest absolute Gasteiger partial charge is 0.316 e. The average Bonchev–Trinajstić information content (AvgIpc) is 2.39. The summed E-state index contributed by atoms with van der Waals surface area (Å²) < 4.78 is 0. The van der Waals surface area contributed by atoms with Gasteiger partial charge in [0.2, 0.25) is 0 Å². The van der Waals surface area contributed by atoms with Crippen LogP contribution in [0.15, 0.2) is 0 Å². The number of piperidine rings is 1. The molecule has 2 saturated heterocycles. The van der Waals surface area contributed by atoms with E-state index in [2.05, 4.69) is 42.8 Å². The van der Waals surface area contributed by atoms with Crippen LogP contribution in [0.4, 0.5) is 0 Å². The van der Waals surface area contributed by atoms with E-state index in [1.54, 1.807) is 0 Å². The molecule has 0 bridgehead atoms. The van der Waals surface area contributed by atoms with E-state index in [1.165, 1.54) is 51.9 Å². The molecule has 2 unspecified atom stereocenters. The maximum absolute atomic E-state index is 3.60. The highest BCUT2D eigenvalue weighted by Gasteiger charge is 2.35. The highest BCUT2D eigenvalue weighted by Crippen LogP contribution is 2.26. The van der Waals surface area contributed by atoms with E-state index in [0.29, 0.717) is 5.41 Å². The molecule has 2 aliphatic rings. The molecule has 0 aromatic heterocycles. The molecule has 20 heavy (non-hydrogen) atoms. The van der Waals surface area contributed by atoms with Crippen molar-refractivity contribution in [2.45, 2.75) is 65.5 Å². The van der Waals surface area contributed by atoms with Gasteiger partial charge < -0.3 is 5.32 Å². The lowest BCUT2D eigenvalue weighted by Gasteiger charge is -2.49. The minimum Gasteiger partial charge on any atom is -0.316 e. The van der Waals surface area contributed by atoms with Crippen molar-refractivity contribution in [3.05, 3.63) is 0 Å². The summed E-state index contributed by atoms with van der Waals surface area (Å²) in [6.45, 7) is 16.9. The topological polar surface area (TPSA) is 18.5 Å². The molecule has 0 aromatic carbocycles. The Morgan fingerprint density at radius 1 is 1.20 bits per heavy atom. The first-order chi connectivity index (χ1) is 9.52. The summed E-state index contributed by atoms with van der Waals surface area (Å²) in [6, 6.07) is 1.55. The molecular weight excluding hydrogens is 246 g/mol. The number of nitrogens with one attached hydrogen (secondary N) is 1. The summed E-state index contributed by atoms with van der Waals surface area (Å²) in [5, 5.41) is 3.60. The van der Waals surface area contributed by atoms with Gasteiger partial charge in [-0.25, -0.2) is 0 Å². The molecule has 2 heterocycles. The smallest absolute Gasteiger partial charge is 0.0223 e. The van der Waals surface area contributed by atoms with E-state index < -0.39 is 0 Å². The zero-order chi connectivity index (χ0) is 14.6. The zero-order valence-electron chi connectivity index (χ0n) is 14.1. The van der Waals surface area contributed by atoms with Crippen molar-refractivity contribution in [3.63, 3.8) is 0 Å². The Balaban J connectivity index is 1.84. The normalized spacial score (nSPS) is 29.4. The molecule has 3 nitrogen and oxygen atoms in total. The first-order valence-corrected chi connectivity index (χ1v) is 8.70. The van der Waals surface area contributed by atoms with Crippen molar-refractivity contribution in [2.75, 3.05) is 39.3 Å². The number of nitrogens with zero attached hydrogens (tertiary/aromatic N) is 2. The summed E-state index contributed by atoms with van der Waals surface area (Å²) >= 11 is 0. The van der Waals surface area contributed by atoms with Crippen molar-refractivity contribution >= 4 is 0 Å². The van der Waals surface area contributed by atoms with Gasteiger partial charge in [-0.1, -0.05) is 27.2 Å². The van der Waals surface area contributed by atoms with Crippen molar-refractivity contribution in [3.8, 4) is 0 Å². The predicted molar refractivity (Wildman–Crippen MR) is 87.2 cm³/mol. The molecule has 2 aliphatic heterocycles. The lowest BCUT2D eigenvalue weighted by atomic mass is 9.89. The van der Waals surface area contributed by atoms with Gasteiger partial charge in [-0.3, -0.25) is 9.80 Å². The SMILES string of the molecule is CCCNCC(C)(C)CN1CC2CCCCN2CC1C. The van der Waals surface area contributed by atoms with Gasteiger partial charge in [0.05, 0.1) is 0 Å². The van der Waals surface area contributed by atoms with Crippen LogP contribution < -0.4 is 5.32 Å². The fourth-order valence-electron chi connectivity index (χ4n) is 3.84. The van der Waals surface area contributed by atoms with Crippen molar-refractivity contribution in [2.24, 2.45) is 5.41 Å². The Morgan fingerprint density at radius 3 is 2.75 bits per heavy atom. The fraction of sp³-hybridized carbons (Fsp3) is 1.00. The molecule has 0 aliphatic carbocycles. The van der Waals surface area contributed by atoms with Gasteiger partial charge in [-0.15, -0.1) is 0 Å². The van der Waals surface area contributed by atoms with E-state index in [9.17, 15) is 0 Å². The summed E-state index contributed by atoms with van der Waals surface area (Å²) in [5.41, 5.74) is 0.375. The summed E-state index contributed by atoms with van der Waals surface area (Å²) in [5.74, 6) is 0. The Hall–Kier alpha value is -0.120. The molecule has 0 saturated carbocycles. The molecule has 2 fully saturated rings. The van der Waals surface area contributed by atoms with Gasteiger partial charge in [-0.05, 0) is 44.7 Å². The van der Waals surface area contributed by atoms with Crippen LogP contribution in [0.5, 0.6) is 0 Å². The van der Waals surface area contributed by atoms with Gasteiger partial charge >= 0.3 is 0 Å². The molecule has 3 heteroatoms. The van der Waals surface area contributed by atoms with E-state index in [4.69, 9.17) is 0 Å². The number of fused-ring (bicyclic) bond motifs is 1. The Labute approximate surface area is 126 Å². The quantitative estimate of drug-likeness (QED) is 0.755. The van der Waals surface area contributed by atoms with Gasteiger partial charge in [0.15, 0.2) is 0 Å². The van der Waals surface area contributed by atoms with Gasteiger partial charge in [0.25, 0.3) is 0 Å². The third kappa shape index (κ3) is 4.44. The molecule has 118 valence electrons. The van der Waals surface area contributed by atoms with Gasteiger partial charge in [0, 0.05) is 38.3 Å². The number of rotatable bonds is 6. The van der Waals surface area contributed by atoms with Gasteiger partial charge in [-0.2, -0.15) is 0 Å². The maximum atomic E-state index is 3.60. The Bertz CT molecular complexity index is 290. The monoisotopic (exact) mass is 281 g/mol. The molecule has 0 amide bonds. The second kappa shape index (κ2) is 7.24. The first kappa shape index (κ1) is 16.3. The molecular formula is C17H35N3. The second-order valence-electron chi connectivity index (χ2n) is 7.76. The van der Waals surface area contributed by atoms with Crippen LogP contribution in [0.25, 0.3) is 0 Å². The van der Waals surface area contributed by atoms with Crippen molar-refractivity contribution < 1.29 is 0 Å². The van der Waals surface area contributed by atoms with Crippen LogP contribution in [0.3, 0.4) is 0 Å². The molecule has 0 radical (unpaired) electrons. The van der Waals surface area contributed by atoms with Crippen molar-refractivity contribution in [1.29, 1.82) is 0 Å². The van der Waals surface area contributed by atoms with Crippen LogP contribution in [0.2, 0.25) is 0 Å². The van der Waals surface area contributed by atoms with Crippen LogP contribution in [-0.2, 0) is 0 Å². The molecule has 2 atom stereocenters. The lowest BCUT2D eigenvalue weighted by molar-refractivity contribution is -0.00180. The maximum Gasteiger partial charge on any atom is 0.0223 e. The van der Waals surface area contributed by atoms with E-state index in [0.717, 1.165) is 25.2 Å². The summed E-state index contributed by atoms with van der Waals surface area (Å²) in [4.78, 5) is 5.49. The highest BCUT2D eigenvalue weighted by molar-refractivity contribution is 4.91. The predicted octanol–water partition coefficient (Wildman–Crippen LogP) is 2.57. The fourth-order valence-corrected chi connectivity index (χ4v) is 3.84. The van der Waals surface area contributed by atoms with Gasteiger partial charge in [0.1, 0.15) is 0 Å². The molecule has 0 spiro atoms. The number of hydrogen-bond acceptors (Lipinski definition) is 3. The third-order valence-electron chi connectivity index (χ3n) is 4.98. The molecule has 0 aromatic rings. The zero-order valence-corrected chi connectivity index (χ0v) is 14.1. The summed E-state index contributed by atoms with van der Waals surface area (Å²) in [7, 11) is 0. The van der Waals surface area contributed by atoms with Crippen molar-refractivity contribution in [1.82, 2.24) is 15.1 Å². The van der Waals surface area contributed by atoms with E-state index in [1.807, 2.05) is 0 Å². The second-order valence-corrected chi connectivity index (χ2v) is 7.76. The molecule has 2 rings (SSSR count). The lowest BCUT2D eigenvalue weighted by Crippen LogP contribution is -2.60. The summed E-state index contributed by atoms with van der Waals surface area (Å²) in [6.07, 6.45) is 5.49.